The van der Waals surface area contributed by atoms with Crippen LogP contribution in [0, 0.1) is 6.92 Å². The Morgan fingerprint density at radius 3 is 2.83 bits per heavy atom. The van der Waals surface area contributed by atoms with Crippen molar-refractivity contribution in [1.29, 1.82) is 0 Å². The molecule has 0 aliphatic heterocycles. The highest BCUT2D eigenvalue weighted by atomic mass is 32.2. The van der Waals surface area contributed by atoms with Crippen molar-refractivity contribution in [3.05, 3.63) is 17.5 Å². The van der Waals surface area contributed by atoms with Crippen molar-refractivity contribution >= 4 is 9.84 Å². The number of aromatic nitrogens is 2. The van der Waals surface area contributed by atoms with Crippen LogP contribution >= 0.6 is 0 Å². The lowest BCUT2D eigenvalue weighted by Crippen LogP contribution is -2.16. The fourth-order valence-corrected chi connectivity index (χ4v) is 2.56. The van der Waals surface area contributed by atoms with E-state index in [-0.39, 0.29) is 5.75 Å². The molecule has 0 bridgehead atoms. The van der Waals surface area contributed by atoms with Crippen LogP contribution < -0.4 is 5.32 Å². The van der Waals surface area contributed by atoms with Gasteiger partial charge in [-0.05, 0) is 26.2 Å². The number of hydrogen-bond donors (Lipinski definition) is 1. The molecule has 2 rings (SSSR count). The fourth-order valence-electron chi connectivity index (χ4n) is 1.90. The van der Waals surface area contributed by atoms with Gasteiger partial charge in [-0.15, -0.1) is 0 Å². The molecule has 102 valence electrons. The van der Waals surface area contributed by atoms with Crippen LogP contribution in [0.1, 0.15) is 30.5 Å². The first-order valence-corrected chi connectivity index (χ1v) is 8.44. The molecule has 1 N–H and O–H groups in total. The third-order valence-electron chi connectivity index (χ3n) is 3.25. The molecule has 0 aromatic carbocycles. The van der Waals surface area contributed by atoms with Crippen molar-refractivity contribution in [3.8, 4) is 0 Å². The minimum atomic E-state index is -2.87. The average Bonchev–Trinajstić information content (AvgIpc) is 3.03. The lowest BCUT2D eigenvalue weighted by molar-refractivity contribution is 0.567. The fraction of sp³-hybridized carbons (Fsp3) is 0.750. The summed E-state index contributed by atoms with van der Waals surface area (Å²) in [6.45, 7) is 3.57. The Morgan fingerprint density at radius 1 is 1.50 bits per heavy atom. The van der Waals surface area contributed by atoms with Crippen molar-refractivity contribution in [2.75, 3.05) is 12.0 Å². The molecule has 1 aromatic heterocycles. The smallest absolute Gasteiger partial charge is 0.147 e. The van der Waals surface area contributed by atoms with Crippen molar-refractivity contribution in [3.63, 3.8) is 0 Å². The van der Waals surface area contributed by atoms with Crippen LogP contribution in [0.5, 0.6) is 0 Å². The summed E-state index contributed by atoms with van der Waals surface area (Å²) in [6, 6.07) is 0.693. The molecule has 18 heavy (non-hydrogen) atoms. The zero-order valence-corrected chi connectivity index (χ0v) is 11.8. The van der Waals surface area contributed by atoms with E-state index in [1.165, 1.54) is 24.7 Å². The molecule has 1 heterocycles. The second-order valence-corrected chi connectivity index (χ2v) is 7.38. The summed E-state index contributed by atoms with van der Waals surface area (Å²) in [5, 5.41) is 7.77. The summed E-state index contributed by atoms with van der Waals surface area (Å²) in [7, 11) is -2.87. The van der Waals surface area contributed by atoms with Crippen molar-refractivity contribution in [1.82, 2.24) is 15.1 Å². The molecule has 5 nitrogen and oxygen atoms in total. The summed E-state index contributed by atoms with van der Waals surface area (Å²) in [6.07, 6.45) is 6.33. The molecule has 0 atom stereocenters. The number of aryl methyl sites for hydroxylation is 1. The minimum absolute atomic E-state index is 0.224. The van der Waals surface area contributed by atoms with Gasteiger partial charge in [0.2, 0.25) is 0 Å². The molecule has 0 unspecified atom stereocenters. The van der Waals surface area contributed by atoms with E-state index in [0.717, 1.165) is 12.2 Å². The molecule has 0 amide bonds. The zero-order valence-electron chi connectivity index (χ0n) is 11.0. The highest BCUT2D eigenvalue weighted by Gasteiger charge is 2.20. The highest BCUT2D eigenvalue weighted by molar-refractivity contribution is 7.90. The van der Waals surface area contributed by atoms with E-state index in [2.05, 4.69) is 10.4 Å². The molecule has 0 saturated heterocycles. The van der Waals surface area contributed by atoms with Crippen molar-refractivity contribution < 1.29 is 8.42 Å². The normalized spacial score (nSPS) is 16.1. The Hall–Kier alpha value is -0.880. The predicted molar refractivity (Wildman–Crippen MR) is 71.2 cm³/mol. The zero-order chi connectivity index (χ0) is 13.2. The van der Waals surface area contributed by atoms with Crippen LogP contribution in [0.15, 0.2) is 6.20 Å². The molecule has 1 aliphatic rings. The Morgan fingerprint density at radius 2 is 2.22 bits per heavy atom. The topological polar surface area (TPSA) is 64.0 Å². The lowest BCUT2D eigenvalue weighted by atomic mass is 10.2. The molecule has 0 spiro atoms. The quantitative estimate of drug-likeness (QED) is 0.799. The lowest BCUT2D eigenvalue weighted by Gasteiger charge is -2.05. The predicted octanol–water partition coefficient (Wildman–Crippen LogP) is 0.878. The monoisotopic (exact) mass is 271 g/mol. The first-order chi connectivity index (χ1) is 8.46. The van der Waals surface area contributed by atoms with Crippen molar-refractivity contribution in [2.45, 2.75) is 45.3 Å². The molecular weight excluding hydrogens is 250 g/mol. The van der Waals surface area contributed by atoms with Crippen LogP contribution in [0.4, 0.5) is 0 Å². The summed E-state index contributed by atoms with van der Waals surface area (Å²) < 4.78 is 24.0. The van der Waals surface area contributed by atoms with Gasteiger partial charge in [0.15, 0.2) is 0 Å². The number of sulfone groups is 1. The van der Waals surface area contributed by atoms with Gasteiger partial charge in [-0.1, -0.05) is 0 Å². The second kappa shape index (κ2) is 5.40. The van der Waals surface area contributed by atoms with Crippen LogP contribution in [-0.2, 0) is 22.9 Å². The summed E-state index contributed by atoms with van der Waals surface area (Å²) >= 11 is 0. The average molecular weight is 271 g/mol. The highest BCUT2D eigenvalue weighted by Crippen LogP contribution is 2.19. The summed E-state index contributed by atoms with van der Waals surface area (Å²) in [5.41, 5.74) is 2.35. The molecule has 1 aliphatic carbocycles. The van der Waals surface area contributed by atoms with E-state index in [0.29, 0.717) is 19.0 Å². The second-order valence-electron chi connectivity index (χ2n) is 5.12. The van der Waals surface area contributed by atoms with Gasteiger partial charge >= 0.3 is 0 Å². The van der Waals surface area contributed by atoms with E-state index in [1.807, 2.05) is 17.8 Å². The van der Waals surface area contributed by atoms with E-state index in [1.54, 1.807) is 0 Å². The summed E-state index contributed by atoms with van der Waals surface area (Å²) in [5.74, 6) is 0.224. The third kappa shape index (κ3) is 4.10. The van der Waals surface area contributed by atoms with Gasteiger partial charge in [-0.25, -0.2) is 8.42 Å². The maximum absolute atomic E-state index is 11.1. The maximum atomic E-state index is 11.1. The van der Waals surface area contributed by atoms with E-state index in [4.69, 9.17) is 0 Å². The van der Waals surface area contributed by atoms with Gasteiger partial charge in [-0.3, -0.25) is 4.68 Å². The Kier molecular flexibility index (Phi) is 4.07. The molecule has 1 fully saturated rings. The first kappa shape index (κ1) is 13.5. The van der Waals surface area contributed by atoms with Gasteiger partial charge in [-0.2, -0.15) is 5.10 Å². The number of nitrogens with one attached hydrogen (secondary N) is 1. The molecule has 6 heteroatoms. The van der Waals surface area contributed by atoms with Crippen LogP contribution in [0.25, 0.3) is 0 Å². The molecular formula is C12H21N3O2S. The Labute approximate surface area is 108 Å². The van der Waals surface area contributed by atoms with Crippen LogP contribution in [-0.4, -0.2) is 36.2 Å². The maximum Gasteiger partial charge on any atom is 0.147 e. The number of hydrogen-bond acceptors (Lipinski definition) is 4. The Bertz CT molecular complexity index is 503. The van der Waals surface area contributed by atoms with Gasteiger partial charge < -0.3 is 5.32 Å². The third-order valence-corrected chi connectivity index (χ3v) is 4.28. The number of rotatable bonds is 7. The van der Waals surface area contributed by atoms with Crippen molar-refractivity contribution in [2.24, 2.45) is 0 Å². The standard InChI is InChI=1S/C12H21N3O2S/c1-10-11(8-13-12-4-5-12)9-14-15(10)6-3-7-18(2,16)17/h9,12-13H,3-8H2,1-2H3. The van der Waals surface area contributed by atoms with Gasteiger partial charge in [0.1, 0.15) is 9.84 Å². The van der Waals surface area contributed by atoms with E-state index < -0.39 is 9.84 Å². The minimum Gasteiger partial charge on any atom is -0.310 e. The first-order valence-electron chi connectivity index (χ1n) is 6.38. The molecule has 1 saturated carbocycles. The Balaban J connectivity index is 1.84. The SMILES string of the molecule is Cc1c(CNC2CC2)cnn1CCCS(C)(=O)=O. The summed E-state index contributed by atoms with van der Waals surface area (Å²) in [4.78, 5) is 0. The van der Waals surface area contributed by atoms with Gasteiger partial charge in [0.25, 0.3) is 0 Å². The molecule has 1 aromatic rings. The number of nitrogens with zero attached hydrogens (tertiary/aromatic N) is 2. The van der Waals surface area contributed by atoms with E-state index in [9.17, 15) is 8.42 Å². The van der Waals surface area contributed by atoms with Gasteiger partial charge in [0, 0.05) is 36.6 Å². The van der Waals surface area contributed by atoms with Crippen LogP contribution in [0.2, 0.25) is 0 Å². The molecule has 0 radical (unpaired) electrons. The largest absolute Gasteiger partial charge is 0.310 e. The van der Waals surface area contributed by atoms with E-state index >= 15 is 0 Å². The van der Waals surface area contributed by atoms with Crippen LogP contribution in [0.3, 0.4) is 0 Å². The van der Waals surface area contributed by atoms with Gasteiger partial charge in [0.05, 0.1) is 11.9 Å².